The van der Waals surface area contributed by atoms with Gasteiger partial charge in [0.05, 0.1) is 19.1 Å². The number of hydrogen-bond donors (Lipinski definition) is 2. The van der Waals surface area contributed by atoms with Gasteiger partial charge < -0.3 is 15.4 Å². The quantitative estimate of drug-likeness (QED) is 0.712. The molecule has 0 aromatic carbocycles. The third kappa shape index (κ3) is 5.39. The van der Waals surface area contributed by atoms with Gasteiger partial charge in [-0.15, -0.1) is 0 Å². The maximum absolute atomic E-state index is 11.6. The average Bonchev–Trinajstić information content (AvgIpc) is 2.19. The van der Waals surface area contributed by atoms with Crippen LogP contribution in [0.25, 0.3) is 0 Å². The highest BCUT2D eigenvalue weighted by molar-refractivity contribution is 7.98. The fraction of sp³-hybridized carbons (Fsp3) is 0.900. The molecule has 0 bridgehead atoms. The van der Waals surface area contributed by atoms with Crippen LogP contribution in [0.4, 0.5) is 0 Å². The summed E-state index contributed by atoms with van der Waals surface area (Å²) in [5.41, 5.74) is 0. The van der Waals surface area contributed by atoms with Crippen molar-refractivity contribution in [3.05, 3.63) is 0 Å². The first-order valence-electron chi connectivity index (χ1n) is 5.33. The molecule has 2 unspecified atom stereocenters. The second-order valence-corrected chi connectivity index (χ2v) is 4.74. The Labute approximate surface area is 95.5 Å². The number of carbonyl (C=O) groups excluding carboxylic acids is 1. The van der Waals surface area contributed by atoms with E-state index < -0.39 is 0 Å². The Morgan fingerprint density at radius 2 is 2.53 bits per heavy atom. The minimum atomic E-state index is 0.0419. The minimum absolute atomic E-state index is 0.0419. The van der Waals surface area contributed by atoms with E-state index in [2.05, 4.69) is 10.6 Å². The van der Waals surface area contributed by atoms with Gasteiger partial charge in [0.15, 0.2) is 0 Å². The van der Waals surface area contributed by atoms with Gasteiger partial charge in [0.1, 0.15) is 0 Å². The zero-order chi connectivity index (χ0) is 11.1. The molecule has 0 aromatic heterocycles. The molecular formula is C10H20N2O2S. The van der Waals surface area contributed by atoms with Gasteiger partial charge in [-0.25, -0.2) is 0 Å². The summed E-state index contributed by atoms with van der Waals surface area (Å²) in [7, 11) is 0. The Balaban J connectivity index is 2.16. The fourth-order valence-corrected chi connectivity index (χ4v) is 2.17. The van der Waals surface area contributed by atoms with Crippen LogP contribution >= 0.6 is 11.8 Å². The van der Waals surface area contributed by atoms with E-state index in [0.717, 1.165) is 18.8 Å². The van der Waals surface area contributed by atoms with Crippen molar-refractivity contribution in [3.8, 4) is 0 Å². The van der Waals surface area contributed by atoms with Crippen LogP contribution < -0.4 is 10.6 Å². The number of ether oxygens (including phenoxy) is 1. The Bertz CT molecular complexity index is 196. The van der Waals surface area contributed by atoms with Crippen molar-refractivity contribution >= 4 is 17.7 Å². The van der Waals surface area contributed by atoms with Crippen LogP contribution in [0.1, 0.15) is 13.3 Å². The first-order valence-corrected chi connectivity index (χ1v) is 6.72. The maximum atomic E-state index is 11.6. The molecule has 4 nitrogen and oxygen atoms in total. The summed E-state index contributed by atoms with van der Waals surface area (Å²) in [4.78, 5) is 11.6. The predicted octanol–water partition coefficient (Wildman–Crippen LogP) is 0.233. The van der Waals surface area contributed by atoms with E-state index in [1.165, 1.54) is 0 Å². The van der Waals surface area contributed by atoms with Gasteiger partial charge in [0.2, 0.25) is 5.91 Å². The average molecular weight is 232 g/mol. The molecule has 1 rings (SSSR count). The number of amides is 1. The van der Waals surface area contributed by atoms with Crippen LogP contribution in [-0.2, 0) is 9.53 Å². The summed E-state index contributed by atoms with van der Waals surface area (Å²) in [6, 6.07) is 0.240. The number of carbonyl (C=O) groups is 1. The van der Waals surface area contributed by atoms with Crippen molar-refractivity contribution in [1.29, 1.82) is 0 Å². The lowest BCUT2D eigenvalue weighted by atomic mass is 10.2. The van der Waals surface area contributed by atoms with E-state index in [1.807, 2.05) is 13.2 Å². The van der Waals surface area contributed by atoms with Gasteiger partial charge >= 0.3 is 0 Å². The third-order valence-corrected chi connectivity index (χ3v) is 3.07. The lowest BCUT2D eigenvalue weighted by molar-refractivity contribution is -0.124. The summed E-state index contributed by atoms with van der Waals surface area (Å²) in [5, 5.41) is 6.17. The van der Waals surface area contributed by atoms with Crippen LogP contribution in [0.2, 0.25) is 0 Å². The van der Waals surface area contributed by atoms with Crippen molar-refractivity contribution in [1.82, 2.24) is 10.6 Å². The Morgan fingerprint density at radius 3 is 3.13 bits per heavy atom. The molecule has 88 valence electrons. The summed E-state index contributed by atoms with van der Waals surface area (Å²) in [6.45, 7) is 4.40. The van der Waals surface area contributed by atoms with Crippen molar-refractivity contribution in [2.75, 3.05) is 31.7 Å². The van der Waals surface area contributed by atoms with Crippen molar-refractivity contribution in [2.24, 2.45) is 0 Å². The van der Waals surface area contributed by atoms with Crippen LogP contribution in [0.5, 0.6) is 0 Å². The lowest BCUT2D eigenvalue weighted by Gasteiger charge is -2.23. The molecule has 1 aliphatic heterocycles. The number of rotatable bonds is 5. The van der Waals surface area contributed by atoms with Crippen LogP contribution in [0, 0.1) is 0 Å². The smallest absolute Gasteiger partial charge is 0.222 e. The molecule has 5 heteroatoms. The third-order valence-electron chi connectivity index (χ3n) is 2.24. The maximum Gasteiger partial charge on any atom is 0.222 e. The molecule has 0 saturated carbocycles. The number of thioether (sulfide) groups is 1. The molecular weight excluding hydrogens is 212 g/mol. The topological polar surface area (TPSA) is 50.4 Å². The summed E-state index contributed by atoms with van der Waals surface area (Å²) in [5.74, 6) is 1.04. The molecule has 0 radical (unpaired) electrons. The molecule has 1 amide bonds. The predicted molar refractivity (Wildman–Crippen MR) is 63.2 cm³/mol. The van der Waals surface area contributed by atoms with Gasteiger partial charge in [-0.2, -0.15) is 11.8 Å². The Morgan fingerprint density at radius 1 is 1.73 bits per heavy atom. The highest BCUT2D eigenvalue weighted by atomic mass is 32.2. The van der Waals surface area contributed by atoms with E-state index in [0.29, 0.717) is 13.0 Å². The van der Waals surface area contributed by atoms with Crippen LogP contribution in [0.15, 0.2) is 0 Å². The van der Waals surface area contributed by atoms with Gasteiger partial charge in [0, 0.05) is 24.9 Å². The molecule has 1 aliphatic rings. The molecule has 0 spiro atoms. The van der Waals surface area contributed by atoms with E-state index in [-0.39, 0.29) is 18.1 Å². The van der Waals surface area contributed by atoms with E-state index >= 15 is 0 Å². The molecule has 1 heterocycles. The molecule has 2 atom stereocenters. The van der Waals surface area contributed by atoms with Crippen molar-refractivity contribution in [2.45, 2.75) is 25.5 Å². The monoisotopic (exact) mass is 232 g/mol. The SMILES string of the molecule is CSCC(C)NC(=O)CC1CNCCO1. The first-order chi connectivity index (χ1) is 7.22. The number of nitrogens with one attached hydrogen (secondary N) is 2. The van der Waals surface area contributed by atoms with E-state index in [9.17, 15) is 4.79 Å². The normalized spacial score (nSPS) is 23.5. The van der Waals surface area contributed by atoms with Crippen LogP contribution in [0.3, 0.4) is 0 Å². The summed E-state index contributed by atoms with van der Waals surface area (Å²) < 4.78 is 5.46. The molecule has 15 heavy (non-hydrogen) atoms. The zero-order valence-electron chi connectivity index (χ0n) is 9.41. The molecule has 1 saturated heterocycles. The second kappa shape index (κ2) is 7.09. The minimum Gasteiger partial charge on any atom is -0.375 e. The fourth-order valence-electron chi connectivity index (χ4n) is 1.58. The van der Waals surface area contributed by atoms with Crippen LogP contribution in [-0.4, -0.2) is 49.8 Å². The van der Waals surface area contributed by atoms with Gasteiger partial charge in [-0.1, -0.05) is 0 Å². The number of hydrogen-bond acceptors (Lipinski definition) is 4. The van der Waals surface area contributed by atoms with E-state index in [4.69, 9.17) is 4.74 Å². The molecule has 2 N–H and O–H groups in total. The molecule has 0 aliphatic carbocycles. The molecule has 0 aromatic rings. The largest absolute Gasteiger partial charge is 0.375 e. The van der Waals surface area contributed by atoms with E-state index in [1.54, 1.807) is 11.8 Å². The lowest BCUT2D eigenvalue weighted by Crippen LogP contribution is -2.43. The van der Waals surface area contributed by atoms with Crippen molar-refractivity contribution < 1.29 is 9.53 Å². The first kappa shape index (κ1) is 12.8. The number of morpholine rings is 1. The highest BCUT2D eigenvalue weighted by Gasteiger charge is 2.17. The second-order valence-electron chi connectivity index (χ2n) is 3.82. The summed E-state index contributed by atoms with van der Waals surface area (Å²) >= 11 is 1.74. The van der Waals surface area contributed by atoms with Gasteiger partial charge in [0.25, 0.3) is 0 Å². The highest BCUT2D eigenvalue weighted by Crippen LogP contribution is 2.02. The van der Waals surface area contributed by atoms with Crippen molar-refractivity contribution in [3.63, 3.8) is 0 Å². The zero-order valence-corrected chi connectivity index (χ0v) is 10.2. The Kier molecular flexibility index (Phi) is 6.05. The Hall–Kier alpha value is -0.260. The molecule has 1 fully saturated rings. The van der Waals surface area contributed by atoms with Gasteiger partial charge in [-0.3, -0.25) is 4.79 Å². The van der Waals surface area contributed by atoms with Gasteiger partial charge in [-0.05, 0) is 13.2 Å². The standard InChI is InChI=1S/C10H20N2O2S/c1-8(7-15-2)12-10(13)5-9-6-11-3-4-14-9/h8-9,11H,3-7H2,1-2H3,(H,12,13). The summed E-state index contributed by atoms with van der Waals surface area (Å²) in [6.07, 6.45) is 2.54.